The largest absolute Gasteiger partial charge is 0.343 e. The Bertz CT molecular complexity index is 537. The molecule has 5 heteroatoms. The van der Waals surface area contributed by atoms with E-state index in [0.717, 1.165) is 37.9 Å². The zero-order valence-corrected chi connectivity index (χ0v) is 15.2. The molecule has 0 saturated carbocycles. The van der Waals surface area contributed by atoms with Crippen LogP contribution in [0.25, 0.3) is 0 Å². The molecular formula is C19H27ClN2O2. The first-order valence-corrected chi connectivity index (χ1v) is 9.22. The Morgan fingerprint density at radius 1 is 1.04 bits per heavy atom. The molecule has 1 aromatic rings. The average molecular weight is 351 g/mol. The van der Waals surface area contributed by atoms with Gasteiger partial charge in [0.2, 0.25) is 11.8 Å². The van der Waals surface area contributed by atoms with Crippen molar-refractivity contribution in [3.8, 4) is 0 Å². The third kappa shape index (κ3) is 6.16. The Morgan fingerprint density at radius 2 is 1.67 bits per heavy atom. The molecule has 2 amide bonds. The number of likely N-dealkylation sites (tertiary alicyclic amines) is 1. The number of benzene rings is 1. The maximum Gasteiger partial charge on any atom is 0.224 e. The highest BCUT2D eigenvalue weighted by molar-refractivity contribution is 6.30. The van der Waals surface area contributed by atoms with Crippen LogP contribution in [0.15, 0.2) is 24.3 Å². The predicted octanol–water partition coefficient (Wildman–Crippen LogP) is 3.52. The summed E-state index contributed by atoms with van der Waals surface area (Å²) >= 11 is 5.89. The van der Waals surface area contributed by atoms with Gasteiger partial charge < -0.3 is 9.80 Å². The number of carbonyl (C=O) groups excluding carboxylic acids is 2. The topological polar surface area (TPSA) is 40.6 Å². The van der Waals surface area contributed by atoms with E-state index in [0.29, 0.717) is 24.5 Å². The maximum atomic E-state index is 12.4. The van der Waals surface area contributed by atoms with E-state index in [2.05, 4.69) is 0 Å². The Balaban J connectivity index is 1.80. The first kappa shape index (κ1) is 18.8. The van der Waals surface area contributed by atoms with Crippen molar-refractivity contribution in [3.63, 3.8) is 0 Å². The molecule has 0 aromatic heterocycles. The number of carbonyl (C=O) groups is 2. The van der Waals surface area contributed by atoms with E-state index in [9.17, 15) is 9.59 Å². The Morgan fingerprint density at radius 3 is 2.25 bits per heavy atom. The van der Waals surface area contributed by atoms with Crippen LogP contribution in [-0.4, -0.2) is 47.8 Å². The zero-order chi connectivity index (χ0) is 17.4. The lowest BCUT2D eigenvalue weighted by Crippen LogP contribution is -2.37. The summed E-state index contributed by atoms with van der Waals surface area (Å²) in [6.45, 7) is 4.42. The summed E-state index contributed by atoms with van der Waals surface area (Å²) in [6, 6.07) is 7.67. The number of rotatable bonds is 6. The normalized spacial score (nSPS) is 15.0. The van der Waals surface area contributed by atoms with E-state index in [1.165, 1.54) is 12.8 Å². The van der Waals surface area contributed by atoms with Crippen molar-refractivity contribution < 1.29 is 9.59 Å². The number of nitrogens with zero attached hydrogens (tertiary/aromatic N) is 2. The van der Waals surface area contributed by atoms with Crippen LogP contribution in [0.2, 0.25) is 5.02 Å². The minimum Gasteiger partial charge on any atom is -0.343 e. The van der Waals surface area contributed by atoms with Crippen LogP contribution in [0.5, 0.6) is 0 Å². The summed E-state index contributed by atoms with van der Waals surface area (Å²) < 4.78 is 0. The molecule has 1 aromatic carbocycles. The summed E-state index contributed by atoms with van der Waals surface area (Å²) in [5.41, 5.74) is 1.14. The first-order chi connectivity index (χ1) is 11.6. The molecule has 1 fully saturated rings. The van der Waals surface area contributed by atoms with E-state index in [4.69, 9.17) is 11.6 Å². The fraction of sp³-hybridized carbons (Fsp3) is 0.579. The molecule has 1 heterocycles. The summed E-state index contributed by atoms with van der Waals surface area (Å²) in [6.07, 6.45) is 5.81. The molecule has 24 heavy (non-hydrogen) atoms. The molecule has 1 saturated heterocycles. The van der Waals surface area contributed by atoms with Crippen LogP contribution in [0.3, 0.4) is 0 Å². The van der Waals surface area contributed by atoms with E-state index in [-0.39, 0.29) is 11.8 Å². The lowest BCUT2D eigenvalue weighted by molar-refractivity contribution is -0.133. The van der Waals surface area contributed by atoms with Gasteiger partial charge in [0.15, 0.2) is 0 Å². The van der Waals surface area contributed by atoms with Gasteiger partial charge in [-0.3, -0.25) is 9.59 Å². The number of halogens is 1. The fourth-order valence-electron chi connectivity index (χ4n) is 3.05. The van der Waals surface area contributed by atoms with Gasteiger partial charge in [-0.2, -0.15) is 0 Å². The SMILES string of the molecule is CC(=O)N(CCC(=O)N1CCCCCC1)CCc1ccc(Cl)cc1. The van der Waals surface area contributed by atoms with Gasteiger partial charge >= 0.3 is 0 Å². The molecule has 4 nitrogen and oxygen atoms in total. The monoisotopic (exact) mass is 350 g/mol. The zero-order valence-electron chi connectivity index (χ0n) is 14.5. The van der Waals surface area contributed by atoms with Gasteiger partial charge in [-0.25, -0.2) is 0 Å². The molecule has 1 aliphatic heterocycles. The molecule has 0 atom stereocenters. The summed E-state index contributed by atoms with van der Waals surface area (Å²) in [5, 5.41) is 0.713. The molecular weight excluding hydrogens is 324 g/mol. The van der Waals surface area contributed by atoms with Crippen molar-refractivity contribution in [2.75, 3.05) is 26.2 Å². The van der Waals surface area contributed by atoms with E-state index in [1.807, 2.05) is 29.2 Å². The Labute approximate surface area is 149 Å². The number of amides is 2. The third-order valence-electron chi connectivity index (χ3n) is 4.58. The lowest BCUT2D eigenvalue weighted by atomic mass is 10.1. The molecule has 0 unspecified atom stereocenters. The highest BCUT2D eigenvalue weighted by atomic mass is 35.5. The molecule has 132 valence electrons. The smallest absolute Gasteiger partial charge is 0.224 e. The van der Waals surface area contributed by atoms with Crippen LogP contribution in [0.1, 0.15) is 44.6 Å². The lowest BCUT2D eigenvalue weighted by Gasteiger charge is -2.24. The molecule has 0 radical (unpaired) electrons. The van der Waals surface area contributed by atoms with Crippen molar-refractivity contribution in [2.45, 2.75) is 45.4 Å². The quantitative estimate of drug-likeness (QED) is 0.787. The van der Waals surface area contributed by atoms with Crippen molar-refractivity contribution >= 4 is 23.4 Å². The second-order valence-corrected chi connectivity index (χ2v) is 6.86. The first-order valence-electron chi connectivity index (χ1n) is 8.84. The van der Waals surface area contributed by atoms with Crippen molar-refractivity contribution in [1.29, 1.82) is 0 Å². The van der Waals surface area contributed by atoms with Crippen LogP contribution in [0.4, 0.5) is 0 Å². The van der Waals surface area contributed by atoms with Gasteiger partial charge in [-0.05, 0) is 37.0 Å². The van der Waals surface area contributed by atoms with Crippen LogP contribution >= 0.6 is 11.6 Å². The molecule has 0 spiro atoms. The highest BCUT2D eigenvalue weighted by Crippen LogP contribution is 2.12. The van der Waals surface area contributed by atoms with E-state index >= 15 is 0 Å². The van der Waals surface area contributed by atoms with Gasteiger partial charge in [-0.15, -0.1) is 0 Å². The van der Waals surface area contributed by atoms with Gasteiger partial charge in [0.25, 0.3) is 0 Å². The van der Waals surface area contributed by atoms with Crippen molar-refractivity contribution in [1.82, 2.24) is 9.80 Å². The molecule has 2 rings (SSSR count). The summed E-state index contributed by atoms with van der Waals surface area (Å²) in [4.78, 5) is 27.9. The van der Waals surface area contributed by atoms with Crippen LogP contribution < -0.4 is 0 Å². The highest BCUT2D eigenvalue weighted by Gasteiger charge is 2.17. The van der Waals surface area contributed by atoms with Gasteiger partial charge in [0, 0.05) is 44.5 Å². The maximum absolute atomic E-state index is 12.4. The third-order valence-corrected chi connectivity index (χ3v) is 4.84. The van der Waals surface area contributed by atoms with Crippen LogP contribution in [-0.2, 0) is 16.0 Å². The van der Waals surface area contributed by atoms with Crippen molar-refractivity contribution in [2.24, 2.45) is 0 Å². The molecule has 0 bridgehead atoms. The van der Waals surface area contributed by atoms with E-state index < -0.39 is 0 Å². The number of hydrogen-bond acceptors (Lipinski definition) is 2. The predicted molar refractivity (Wildman–Crippen MR) is 97.1 cm³/mol. The fourth-order valence-corrected chi connectivity index (χ4v) is 3.18. The van der Waals surface area contributed by atoms with Crippen LogP contribution in [0, 0.1) is 0 Å². The van der Waals surface area contributed by atoms with Crippen molar-refractivity contribution in [3.05, 3.63) is 34.9 Å². The van der Waals surface area contributed by atoms with Gasteiger partial charge in [0.1, 0.15) is 0 Å². The molecule has 1 aliphatic rings. The molecule has 0 N–H and O–H groups in total. The standard InChI is InChI=1S/C19H27ClN2O2/c1-16(23)21(14-10-17-6-8-18(20)9-7-17)15-11-19(24)22-12-4-2-3-5-13-22/h6-9H,2-5,10-15H2,1H3. The minimum absolute atomic E-state index is 0.0210. The van der Waals surface area contributed by atoms with E-state index in [1.54, 1.807) is 11.8 Å². The molecule has 0 aliphatic carbocycles. The summed E-state index contributed by atoms with van der Waals surface area (Å²) in [7, 11) is 0. The number of hydrogen-bond donors (Lipinski definition) is 0. The average Bonchev–Trinajstić information content (AvgIpc) is 2.85. The van der Waals surface area contributed by atoms with Gasteiger partial charge in [0.05, 0.1) is 0 Å². The second-order valence-electron chi connectivity index (χ2n) is 6.43. The Kier molecular flexibility index (Phi) is 7.57. The van der Waals surface area contributed by atoms with Gasteiger partial charge in [-0.1, -0.05) is 36.6 Å². The minimum atomic E-state index is 0.0210. The Hall–Kier alpha value is -1.55. The second kappa shape index (κ2) is 9.67. The summed E-state index contributed by atoms with van der Waals surface area (Å²) in [5.74, 6) is 0.197.